The number of carbonyl (C=O) groups is 2. The Hall–Kier alpha value is -1.49. The monoisotopic (exact) mass is 602 g/mol. The van der Waals surface area contributed by atoms with Crippen LogP contribution in [0.3, 0.4) is 0 Å². The predicted molar refractivity (Wildman–Crippen MR) is 169 cm³/mol. The van der Waals surface area contributed by atoms with Crippen molar-refractivity contribution in [3.63, 3.8) is 0 Å². The molecular formula is C33H54N4O4S. The van der Waals surface area contributed by atoms with E-state index in [0.29, 0.717) is 44.8 Å². The minimum atomic E-state index is -0.601. The molecule has 1 aromatic carbocycles. The highest BCUT2D eigenvalue weighted by Crippen LogP contribution is 2.63. The highest BCUT2D eigenvalue weighted by atomic mass is 32.2. The summed E-state index contributed by atoms with van der Waals surface area (Å²) in [5.74, 6) is 0.481. The van der Waals surface area contributed by atoms with Gasteiger partial charge in [0, 0.05) is 47.7 Å². The second-order valence-corrected chi connectivity index (χ2v) is 15.1. The maximum absolute atomic E-state index is 13.6. The molecule has 3 bridgehead atoms. The molecule has 1 spiro atoms. The first kappa shape index (κ1) is 33.4. The molecule has 9 heteroatoms. The van der Waals surface area contributed by atoms with Crippen molar-refractivity contribution in [2.75, 3.05) is 25.4 Å². The number of fused-ring (bicyclic) bond motifs is 2. The SMILES string of the molecule is C[C@@H]1CC2C[C@@]3(CCC2=O)C[C@]1(C)[C@H](OC(=O)CSc1cc(CN)ccc1CN)C[C@](C)(CNCCCN)[C@@H](O)[C@@H]3C. The highest BCUT2D eigenvalue weighted by Gasteiger charge is 2.60. The third-order valence-electron chi connectivity index (χ3n) is 11.3. The summed E-state index contributed by atoms with van der Waals surface area (Å²) >= 11 is 1.44. The lowest BCUT2D eigenvalue weighted by molar-refractivity contribution is -0.178. The number of thioether (sulfide) groups is 1. The van der Waals surface area contributed by atoms with Gasteiger partial charge >= 0.3 is 5.97 Å². The number of aliphatic hydroxyl groups is 1. The molecule has 3 aliphatic carbocycles. The van der Waals surface area contributed by atoms with E-state index in [2.05, 4.69) is 33.0 Å². The lowest BCUT2D eigenvalue weighted by Gasteiger charge is -2.56. The number of nitrogens with two attached hydrogens (primary N) is 3. The molecule has 8 nitrogen and oxygen atoms in total. The largest absolute Gasteiger partial charge is 0.461 e. The fourth-order valence-electron chi connectivity index (χ4n) is 8.32. The van der Waals surface area contributed by atoms with Crippen molar-refractivity contribution in [2.24, 2.45) is 51.2 Å². The molecule has 3 fully saturated rings. The maximum Gasteiger partial charge on any atom is 0.316 e. The second-order valence-electron chi connectivity index (χ2n) is 14.1. The van der Waals surface area contributed by atoms with E-state index in [1.165, 1.54) is 11.8 Å². The summed E-state index contributed by atoms with van der Waals surface area (Å²) in [5.41, 5.74) is 18.5. The van der Waals surface area contributed by atoms with Gasteiger partial charge < -0.3 is 32.4 Å². The van der Waals surface area contributed by atoms with Crippen molar-refractivity contribution < 1.29 is 19.4 Å². The lowest BCUT2D eigenvalue weighted by atomic mass is 9.51. The predicted octanol–water partition coefficient (Wildman–Crippen LogP) is 3.75. The van der Waals surface area contributed by atoms with Crippen LogP contribution >= 0.6 is 11.8 Å². The second kappa shape index (κ2) is 13.7. The average Bonchev–Trinajstić information content (AvgIpc) is 3.07. The summed E-state index contributed by atoms with van der Waals surface area (Å²) in [6.07, 6.45) is 4.25. The highest BCUT2D eigenvalue weighted by molar-refractivity contribution is 8.00. The van der Waals surface area contributed by atoms with Gasteiger partial charge in [0.2, 0.25) is 0 Å². The Morgan fingerprint density at radius 2 is 1.93 bits per heavy atom. The Kier molecular flexibility index (Phi) is 10.9. The summed E-state index contributed by atoms with van der Waals surface area (Å²) in [7, 11) is 0. The van der Waals surface area contributed by atoms with Crippen LogP contribution in [0.5, 0.6) is 0 Å². The normalized spacial score (nSPS) is 36.6. The van der Waals surface area contributed by atoms with Crippen molar-refractivity contribution in [2.45, 2.75) is 103 Å². The van der Waals surface area contributed by atoms with Gasteiger partial charge in [0.05, 0.1) is 11.9 Å². The molecule has 236 valence electrons. The van der Waals surface area contributed by atoms with Crippen LogP contribution in [0.1, 0.15) is 83.8 Å². The van der Waals surface area contributed by atoms with Gasteiger partial charge in [-0.25, -0.2) is 0 Å². The number of esters is 1. The van der Waals surface area contributed by atoms with Crippen molar-refractivity contribution in [1.29, 1.82) is 0 Å². The number of nitrogens with one attached hydrogen (secondary N) is 1. The number of carbonyl (C=O) groups excluding carboxylic acids is 2. The first-order valence-corrected chi connectivity index (χ1v) is 16.9. The van der Waals surface area contributed by atoms with Crippen molar-refractivity contribution in [3.05, 3.63) is 29.3 Å². The minimum absolute atomic E-state index is 0.00803. The number of hydrogen-bond acceptors (Lipinski definition) is 9. The molecule has 0 amide bonds. The number of rotatable bonds is 11. The first-order chi connectivity index (χ1) is 19.9. The Morgan fingerprint density at radius 1 is 1.17 bits per heavy atom. The molecule has 42 heavy (non-hydrogen) atoms. The smallest absolute Gasteiger partial charge is 0.316 e. The van der Waals surface area contributed by atoms with Gasteiger partial charge in [-0.1, -0.05) is 39.8 Å². The molecule has 0 saturated heterocycles. The lowest BCUT2D eigenvalue weighted by Crippen LogP contribution is -2.58. The number of Topliss-reactive ketones (excluding diaryl/α,β-unsaturated/α-hetero) is 1. The van der Waals surface area contributed by atoms with E-state index in [9.17, 15) is 14.7 Å². The number of aliphatic hydroxyl groups excluding tert-OH is 1. The van der Waals surface area contributed by atoms with Crippen molar-refractivity contribution in [3.8, 4) is 0 Å². The van der Waals surface area contributed by atoms with E-state index in [-0.39, 0.29) is 46.4 Å². The molecule has 4 rings (SSSR count). The minimum Gasteiger partial charge on any atom is -0.461 e. The molecule has 0 aliphatic heterocycles. The molecule has 3 saturated carbocycles. The quantitative estimate of drug-likeness (QED) is 0.145. The molecule has 1 unspecified atom stereocenters. The van der Waals surface area contributed by atoms with Crippen molar-refractivity contribution in [1.82, 2.24) is 5.32 Å². The molecule has 0 heterocycles. The van der Waals surface area contributed by atoms with Crippen molar-refractivity contribution >= 4 is 23.5 Å². The molecule has 0 aromatic heterocycles. The van der Waals surface area contributed by atoms with E-state index in [0.717, 1.165) is 54.7 Å². The summed E-state index contributed by atoms with van der Waals surface area (Å²) in [4.78, 5) is 27.6. The summed E-state index contributed by atoms with van der Waals surface area (Å²) in [5, 5.41) is 15.6. The average molecular weight is 603 g/mol. The van der Waals surface area contributed by atoms with Crippen LogP contribution in [0.15, 0.2) is 23.1 Å². The van der Waals surface area contributed by atoms with Gasteiger partial charge in [-0.2, -0.15) is 0 Å². The fourth-order valence-corrected chi connectivity index (χ4v) is 9.23. The van der Waals surface area contributed by atoms with Gasteiger partial charge in [0.15, 0.2) is 0 Å². The van der Waals surface area contributed by atoms with Crippen LogP contribution in [0.2, 0.25) is 0 Å². The van der Waals surface area contributed by atoms with Crippen LogP contribution in [0.25, 0.3) is 0 Å². The van der Waals surface area contributed by atoms with E-state index < -0.39 is 11.5 Å². The summed E-state index contributed by atoms with van der Waals surface area (Å²) in [6, 6.07) is 5.95. The number of ether oxygens (including phenoxy) is 1. The Morgan fingerprint density at radius 3 is 2.62 bits per heavy atom. The van der Waals surface area contributed by atoms with E-state index in [4.69, 9.17) is 21.9 Å². The van der Waals surface area contributed by atoms with Crippen LogP contribution in [-0.2, 0) is 27.4 Å². The molecular weight excluding hydrogens is 548 g/mol. The Bertz CT molecular complexity index is 1120. The Balaban J connectivity index is 1.65. The van der Waals surface area contributed by atoms with Crippen LogP contribution < -0.4 is 22.5 Å². The van der Waals surface area contributed by atoms with Crippen LogP contribution in [0.4, 0.5) is 0 Å². The van der Waals surface area contributed by atoms with Gasteiger partial charge in [-0.3, -0.25) is 9.59 Å². The summed E-state index contributed by atoms with van der Waals surface area (Å²) in [6.45, 7) is 11.6. The van der Waals surface area contributed by atoms with Gasteiger partial charge in [0.25, 0.3) is 0 Å². The van der Waals surface area contributed by atoms with Crippen LogP contribution in [-0.4, -0.2) is 54.5 Å². The zero-order chi connectivity index (χ0) is 30.7. The zero-order valence-electron chi connectivity index (χ0n) is 26.1. The molecule has 8 atom stereocenters. The Labute approximate surface area is 256 Å². The van der Waals surface area contributed by atoms with E-state index >= 15 is 0 Å². The maximum atomic E-state index is 13.6. The fraction of sp³-hybridized carbons (Fsp3) is 0.758. The standard InChI is InChI=1S/C33H54N4O4S/c1-21-12-25-14-33(9-8-26(25)38)19-32(21,4)28(15-31(3,30(40)22(33)2)20-37-11-5-10-34)41-29(39)18-42-27-13-23(16-35)6-7-24(27)17-36/h6-7,13,21-22,25,28,30,37,40H,5,8-12,14-20,34-36H2,1-4H3/t21-,22+,25?,28-,30+,31-,32+,33+/m1/s1. The topological polar surface area (TPSA) is 154 Å². The first-order valence-electron chi connectivity index (χ1n) is 15.9. The number of hydrogen-bond donors (Lipinski definition) is 5. The third kappa shape index (κ3) is 6.76. The summed E-state index contributed by atoms with van der Waals surface area (Å²) < 4.78 is 6.51. The molecule has 3 aliphatic rings. The van der Waals surface area contributed by atoms with E-state index in [1.54, 1.807) is 0 Å². The van der Waals surface area contributed by atoms with Gasteiger partial charge in [-0.05, 0) is 86.1 Å². The molecule has 0 radical (unpaired) electrons. The number of benzene rings is 1. The van der Waals surface area contributed by atoms with Gasteiger partial charge in [-0.15, -0.1) is 11.8 Å². The van der Waals surface area contributed by atoms with Gasteiger partial charge in [0.1, 0.15) is 11.9 Å². The molecule has 8 N–H and O–H groups in total. The van der Waals surface area contributed by atoms with E-state index in [1.807, 2.05) is 18.2 Å². The zero-order valence-corrected chi connectivity index (χ0v) is 26.9. The number of ketones is 1. The third-order valence-corrected chi connectivity index (χ3v) is 12.4. The van der Waals surface area contributed by atoms with Crippen LogP contribution in [0, 0.1) is 34.0 Å². The molecule has 1 aromatic rings.